The minimum Gasteiger partial charge on any atom is -0.320 e. The van der Waals surface area contributed by atoms with Crippen molar-refractivity contribution < 1.29 is 13.6 Å². The number of benzene rings is 2. The van der Waals surface area contributed by atoms with E-state index in [4.69, 9.17) is 5.73 Å². The van der Waals surface area contributed by atoms with Crippen LogP contribution in [-0.4, -0.2) is 5.91 Å². The molecule has 0 aromatic heterocycles. The normalized spacial score (nSPS) is 12.0. The second kappa shape index (κ2) is 6.32. The van der Waals surface area contributed by atoms with Crippen LogP contribution in [0.3, 0.4) is 0 Å². The van der Waals surface area contributed by atoms with Gasteiger partial charge in [0.25, 0.3) is 0 Å². The predicted octanol–water partition coefficient (Wildman–Crippen LogP) is 3.67. The van der Waals surface area contributed by atoms with Crippen molar-refractivity contribution in [3.63, 3.8) is 0 Å². The molecular formula is C15H13BrF2N2O. The molecule has 0 aliphatic rings. The smallest absolute Gasteiger partial charge is 0.246 e. The van der Waals surface area contributed by atoms with Crippen molar-refractivity contribution in [1.82, 2.24) is 0 Å². The first-order chi connectivity index (χ1) is 9.88. The Morgan fingerprint density at radius 2 is 1.71 bits per heavy atom. The number of hydrogen-bond donors (Lipinski definition) is 2. The average Bonchev–Trinajstić information content (AvgIpc) is 2.42. The largest absolute Gasteiger partial charge is 0.320 e. The van der Waals surface area contributed by atoms with Crippen molar-refractivity contribution in [3.05, 3.63) is 63.6 Å². The fourth-order valence-corrected chi connectivity index (χ4v) is 2.19. The van der Waals surface area contributed by atoms with Gasteiger partial charge in [0.15, 0.2) is 11.6 Å². The van der Waals surface area contributed by atoms with Crippen LogP contribution in [0.1, 0.15) is 17.2 Å². The molecule has 1 atom stereocenters. The number of anilines is 1. The van der Waals surface area contributed by atoms with Crippen LogP contribution < -0.4 is 11.1 Å². The third-order valence-corrected chi connectivity index (χ3v) is 3.43. The Hall–Kier alpha value is -1.79. The second-order valence-corrected chi connectivity index (χ2v) is 5.54. The molecule has 3 N–H and O–H groups in total. The van der Waals surface area contributed by atoms with Crippen LogP contribution in [0, 0.1) is 18.6 Å². The molecule has 2 aromatic carbocycles. The van der Waals surface area contributed by atoms with E-state index >= 15 is 0 Å². The maximum absolute atomic E-state index is 13.7. The number of rotatable bonds is 3. The minimum absolute atomic E-state index is 0.248. The van der Waals surface area contributed by atoms with Gasteiger partial charge < -0.3 is 11.1 Å². The minimum atomic E-state index is -1.01. The average molecular weight is 355 g/mol. The Morgan fingerprint density at radius 3 is 2.24 bits per heavy atom. The zero-order valence-electron chi connectivity index (χ0n) is 11.2. The summed E-state index contributed by atoms with van der Waals surface area (Å²) in [6.45, 7) is 1.90. The van der Waals surface area contributed by atoms with Crippen molar-refractivity contribution in [2.75, 3.05) is 5.32 Å². The quantitative estimate of drug-likeness (QED) is 0.883. The van der Waals surface area contributed by atoms with Crippen LogP contribution in [0.25, 0.3) is 0 Å². The first kappa shape index (κ1) is 15.6. The maximum atomic E-state index is 13.7. The number of aryl methyl sites for hydroxylation is 1. The van der Waals surface area contributed by atoms with Crippen molar-refractivity contribution >= 4 is 27.5 Å². The lowest BCUT2D eigenvalue weighted by Crippen LogP contribution is -2.28. The molecule has 21 heavy (non-hydrogen) atoms. The Bertz CT molecular complexity index is 651. The zero-order valence-corrected chi connectivity index (χ0v) is 12.7. The van der Waals surface area contributed by atoms with Crippen LogP contribution in [-0.2, 0) is 4.79 Å². The van der Waals surface area contributed by atoms with Gasteiger partial charge in [0.05, 0.1) is 0 Å². The summed E-state index contributed by atoms with van der Waals surface area (Å²) in [6, 6.07) is 8.15. The molecule has 2 aromatic rings. The van der Waals surface area contributed by atoms with Crippen LogP contribution >= 0.6 is 15.9 Å². The molecule has 0 heterocycles. The van der Waals surface area contributed by atoms with Gasteiger partial charge in [-0.3, -0.25) is 4.79 Å². The summed E-state index contributed by atoms with van der Waals surface area (Å²) in [4.78, 5) is 12.0. The van der Waals surface area contributed by atoms with Crippen LogP contribution in [0.15, 0.2) is 40.9 Å². The van der Waals surface area contributed by atoms with Gasteiger partial charge in [-0.15, -0.1) is 0 Å². The lowest BCUT2D eigenvalue weighted by molar-refractivity contribution is -0.117. The molecule has 0 fully saturated rings. The summed E-state index contributed by atoms with van der Waals surface area (Å²) in [5.74, 6) is -2.42. The molecule has 0 aliphatic heterocycles. The third-order valence-electron chi connectivity index (χ3n) is 2.97. The number of amides is 1. The van der Waals surface area contributed by atoms with E-state index in [-0.39, 0.29) is 4.47 Å². The van der Waals surface area contributed by atoms with Crippen LogP contribution in [0.5, 0.6) is 0 Å². The van der Waals surface area contributed by atoms with Gasteiger partial charge in [-0.05, 0) is 24.6 Å². The number of carbonyl (C=O) groups excluding carboxylic acids is 1. The number of nitrogens with two attached hydrogens (primary N) is 1. The van der Waals surface area contributed by atoms with Crippen LogP contribution in [0.2, 0.25) is 0 Å². The monoisotopic (exact) mass is 354 g/mol. The fraction of sp³-hybridized carbons (Fsp3) is 0.133. The van der Waals surface area contributed by atoms with E-state index in [2.05, 4.69) is 21.2 Å². The van der Waals surface area contributed by atoms with Gasteiger partial charge in [0.2, 0.25) is 5.91 Å². The van der Waals surface area contributed by atoms with E-state index in [1.54, 1.807) is 12.1 Å². The number of carbonyl (C=O) groups is 1. The summed E-state index contributed by atoms with van der Waals surface area (Å²) < 4.78 is 27.6. The van der Waals surface area contributed by atoms with E-state index in [0.29, 0.717) is 5.56 Å². The molecule has 1 unspecified atom stereocenters. The Labute approximate surface area is 129 Å². The van der Waals surface area contributed by atoms with Crippen molar-refractivity contribution in [3.8, 4) is 0 Å². The molecule has 0 saturated carbocycles. The molecule has 3 nitrogen and oxygen atoms in total. The van der Waals surface area contributed by atoms with Gasteiger partial charge >= 0.3 is 0 Å². The molecule has 6 heteroatoms. The summed E-state index contributed by atoms with van der Waals surface area (Å²) in [7, 11) is 0. The molecule has 0 saturated heterocycles. The van der Waals surface area contributed by atoms with Crippen molar-refractivity contribution in [2.45, 2.75) is 13.0 Å². The van der Waals surface area contributed by atoms with E-state index < -0.39 is 29.3 Å². The molecule has 0 radical (unpaired) electrons. The highest BCUT2D eigenvalue weighted by Gasteiger charge is 2.19. The highest BCUT2D eigenvalue weighted by molar-refractivity contribution is 9.10. The zero-order chi connectivity index (χ0) is 15.6. The lowest BCUT2D eigenvalue weighted by atomic mass is 10.1. The molecule has 1 amide bonds. The highest BCUT2D eigenvalue weighted by atomic mass is 79.9. The van der Waals surface area contributed by atoms with Crippen molar-refractivity contribution in [2.24, 2.45) is 5.73 Å². The summed E-state index contributed by atoms with van der Waals surface area (Å²) >= 11 is 2.97. The molecule has 0 bridgehead atoms. The predicted molar refractivity (Wildman–Crippen MR) is 80.8 cm³/mol. The van der Waals surface area contributed by atoms with Crippen molar-refractivity contribution in [1.29, 1.82) is 0 Å². The van der Waals surface area contributed by atoms with Gasteiger partial charge in [-0.2, -0.15) is 0 Å². The molecule has 0 aliphatic carbocycles. The molecular weight excluding hydrogens is 342 g/mol. The van der Waals surface area contributed by atoms with E-state index in [1.807, 2.05) is 19.1 Å². The van der Waals surface area contributed by atoms with Gasteiger partial charge in [-0.1, -0.05) is 45.8 Å². The van der Waals surface area contributed by atoms with Crippen LogP contribution in [0.4, 0.5) is 14.5 Å². The van der Waals surface area contributed by atoms with Gasteiger partial charge in [-0.25, -0.2) is 8.78 Å². The molecule has 2 rings (SSSR count). The summed E-state index contributed by atoms with van der Waals surface area (Å²) in [5, 5.41) is 2.18. The number of nitrogens with one attached hydrogen (secondary N) is 1. The molecule has 0 spiro atoms. The Balaban J connectivity index is 2.20. The summed E-state index contributed by atoms with van der Waals surface area (Å²) in [5.41, 5.74) is 6.88. The maximum Gasteiger partial charge on any atom is 0.246 e. The van der Waals surface area contributed by atoms with E-state index in [9.17, 15) is 13.6 Å². The Morgan fingerprint density at radius 1 is 1.19 bits per heavy atom. The Kier molecular flexibility index (Phi) is 4.69. The van der Waals surface area contributed by atoms with Gasteiger partial charge in [0.1, 0.15) is 11.7 Å². The highest BCUT2D eigenvalue weighted by Crippen LogP contribution is 2.24. The first-order valence-corrected chi connectivity index (χ1v) is 6.95. The molecule has 110 valence electrons. The van der Waals surface area contributed by atoms with Gasteiger partial charge in [0, 0.05) is 4.47 Å². The summed E-state index contributed by atoms with van der Waals surface area (Å²) in [6.07, 6.45) is 0. The third kappa shape index (κ3) is 3.65. The fourth-order valence-electron chi connectivity index (χ4n) is 1.79. The standard InChI is InChI=1S/C15H13BrF2N2O/c1-8-2-4-9(5-3-8)13(19)15(21)20-14-11(17)6-10(16)7-12(14)18/h2-7,13H,19H2,1H3,(H,20,21). The second-order valence-electron chi connectivity index (χ2n) is 4.62. The van der Waals surface area contributed by atoms with E-state index in [1.165, 1.54) is 0 Å². The topological polar surface area (TPSA) is 55.1 Å². The number of halogens is 3. The lowest BCUT2D eigenvalue weighted by Gasteiger charge is -2.14. The number of hydrogen-bond acceptors (Lipinski definition) is 2. The first-order valence-electron chi connectivity index (χ1n) is 6.16. The SMILES string of the molecule is Cc1ccc(C(N)C(=O)Nc2c(F)cc(Br)cc2F)cc1. The van der Waals surface area contributed by atoms with E-state index in [0.717, 1.165) is 17.7 Å².